The fraction of sp³-hybridized carbons (Fsp3) is 0.475. The average molecular weight is 617 g/mol. The summed E-state index contributed by atoms with van der Waals surface area (Å²) in [5.74, 6) is 1.67. The number of piperidine rings is 2. The van der Waals surface area contributed by atoms with E-state index in [1.54, 1.807) is 19.1 Å². The number of para-hydroxylation sites is 2. The fourth-order valence-corrected chi connectivity index (χ4v) is 8.89. The van der Waals surface area contributed by atoms with Crippen molar-refractivity contribution in [2.45, 2.75) is 102 Å². The summed E-state index contributed by atoms with van der Waals surface area (Å²) in [5.41, 5.74) is 6.43. The number of hydrogen-bond donors (Lipinski definition) is 0. The third-order valence-corrected chi connectivity index (χ3v) is 11.6. The van der Waals surface area contributed by atoms with Gasteiger partial charge in [0.1, 0.15) is 5.82 Å². The number of amides is 1. The lowest BCUT2D eigenvalue weighted by Crippen LogP contribution is -2.49. The van der Waals surface area contributed by atoms with Gasteiger partial charge in [-0.05, 0) is 112 Å². The Morgan fingerprint density at radius 2 is 1.54 bits per heavy atom. The summed E-state index contributed by atoms with van der Waals surface area (Å²) in [6.07, 6.45) is 7.97. The monoisotopic (exact) mass is 616 g/mol. The summed E-state index contributed by atoms with van der Waals surface area (Å²) in [5, 5.41) is 0. The lowest BCUT2D eigenvalue weighted by atomic mass is 9.70. The molecule has 3 aliphatic heterocycles. The first-order valence-corrected chi connectivity index (χ1v) is 17.4. The summed E-state index contributed by atoms with van der Waals surface area (Å²) in [6.45, 7) is 10.8. The number of ketones is 1. The van der Waals surface area contributed by atoms with Gasteiger partial charge in [-0.1, -0.05) is 62.4 Å². The highest BCUT2D eigenvalue weighted by atomic mass is 16.2. The lowest BCUT2D eigenvalue weighted by Gasteiger charge is -2.46. The molecule has 6 nitrogen and oxygen atoms in total. The SMILES string of the molecule is CC(=O)c1cccc(C(=O)N2CCC(CCN3[C@@H]4CC[C@H]3CC(n3c(C)nc5ccccc53)C4)(c3ccc(C(C)C)cc3)CC2)c1. The van der Waals surface area contributed by atoms with Crippen molar-refractivity contribution in [2.24, 2.45) is 0 Å². The topological polar surface area (TPSA) is 58.4 Å². The molecule has 2 bridgehead atoms. The zero-order chi connectivity index (χ0) is 32.0. The van der Waals surface area contributed by atoms with Crippen LogP contribution in [0.3, 0.4) is 0 Å². The lowest BCUT2D eigenvalue weighted by molar-refractivity contribution is 0.0607. The molecule has 1 unspecified atom stereocenters. The second-order valence-corrected chi connectivity index (χ2v) is 14.5. The van der Waals surface area contributed by atoms with Crippen molar-refractivity contribution in [3.05, 3.63) is 101 Å². The van der Waals surface area contributed by atoms with Gasteiger partial charge in [0.15, 0.2) is 5.78 Å². The van der Waals surface area contributed by atoms with Gasteiger partial charge < -0.3 is 9.47 Å². The average Bonchev–Trinajstić information content (AvgIpc) is 3.53. The Hall–Kier alpha value is -3.77. The molecule has 240 valence electrons. The number of fused-ring (bicyclic) bond motifs is 3. The molecule has 3 aliphatic rings. The highest BCUT2D eigenvalue weighted by molar-refractivity contribution is 5.99. The number of imidazole rings is 1. The first kappa shape index (κ1) is 30.9. The summed E-state index contributed by atoms with van der Waals surface area (Å²) < 4.78 is 2.52. The summed E-state index contributed by atoms with van der Waals surface area (Å²) >= 11 is 0. The predicted molar refractivity (Wildman–Crippen MR) is 185 cm³/mol. The molecule has 3 aromatic carbocycles. The van der Waals surface area contributed by atoms with E-state index in [4.69, 9.17) is 4.98 Å². The van der Waals surface area contributed by atoms with E-state index in [1.165, 1.54) is 42.3 Å². The quantitative estimate of drug-likeness (QED) is 0.188. The van der Waals surface area contributed by atoms with E-state index in [1.807, 2.05) is 17.0 Å². The van der Waals surface area contributed by atoms with E-state index in [0.29, 0.717) is 35.2 Å². The largest absolute Gasteiger partial charge is 0.339 e. The van der Waals surface area contributed by atoms with Crippen molar-refractivity contribution in [1.82, 2.24) is 19.4 Å². The first-order chi connectivity index (χ1) is 22.2. The second kappa shape index (κ2) is 12.4. The molecule has 4 aromatic rings. The maximum absolute atomic E-state index is 13.6. The van der Waals surface area contributed by atoms with Crippen LogP contribution in [0.15, 0.2) is 72.8 Å². The van der Waals surface area contributed by atoms with E-state index in [9.17, 15) is 9.59 Å². The van der Waals surface area contributed by atoms with Gasteiger partial charge in [0.2, 0.25) is 0 Å². The first-order valence-electron chi connectivity index (χ1n) is 17.4. The normalized spacial score (nSPS) is 22.9. The Balaban J connectivity index is 1.08. The minimum atomic E-state index is -0.0105. The van der Waals surface area contributed by atoms with Crippen molar-refractivity contribution >= 4 is 22.7 Å². The number of nitrogens with zero attached hydrogens (tertiary/aromatic N) is 4. The number of Topliss-reactive ketones (excluding diaryl/α,β-unsaturated/α-hetero) is 1. The summed E-state index contributed by atoms with van der Waals surface area (Å²) in [4.78, 5) is 35.3. The Morgan fingerprint density at radius 3 is 2.22 bits per heavy atom. The standard InChI is InChI=1S/C40H48N4O2/c1-27(2)30-12-14-33(15-13-30)40(18-21-42(22-19-40)39(46)32-9-7-8-31(24-32)28(3)45)20-23-43-34-16-17-35(43)26-36(25-34)44-29(4)41-37-10-5-6-11-38(37)44/h5-15,24,27,34-36H,16-23,25-26H2,1-4H3/t34-,35+,36?. The minimum absolute atomic E-state index is 0.0105. The molecule has 0 N–H and O–H groups in total. The van der Waals surface area contributed by atoms with Gasteiger partial charge in [0, 0.05) is 42.3 Å². The van der Waals surface area contributed by atoms with Crippen molar-refractivity contribution in [3.63, 3.8) is 0 Å². The van der Waals surface area contributed by atoms with Crippen LogP contribution in [0, 0.1) is 6.92 Å². The Kier molecular flexibility index (Phi) is 8.35. The van der Waals surface area contributed by atoms with E-state index < -0.39 is 0 Å². The van der Waals surface area contributed by atoms with Crippen LogP contribution >= 0.6 is 0 Å². The fourth-order valence-electron chi connectivity index (χ4n) is 8.89. The predicted octanol–water partition coefficient (Wildman–Crippen LogP) is 8.10. The van der Waals surface area contributed by atoms with E-state index in [-0.39, 0.29) is 17.1 Å². The van der Waals surface area contributed by atoms with Gasteiger partial charge in [-0.25, -0.2) is 4.98 Å². The zero-order valence-corrected chi connectivity index (χ0v) is 27.9. The summed E-state index contributed by atoms with van der Waals surface area (Å²) in [6, 6.07) is 26.9. The van der Waals surface area contributed by atoms with Crippen LogP contribution in [0.1, 0.15) is 115 Å². The number of hydrogen-bond acceptors (Lipinski definition) is 4. The Bertz CT molecular complexity index is 1720. The van der Waals surface area contributed by atoms with Crippen molar-refractivity contribution in [1.29, 1.82) is 0 Å². The highest BCUT2D eigenvalue weighted by Gasteiger charge is 2.44. The Morgan fingerprint density at radius 1 is 0.870 bits per heavy atom. The van der Waals surface area contributed by atoms with Crippen LogP contribution in [0.2, 0.25) is 0 Å². The molecule has 3 fully saturated rings. The molecule has 4 heterocycles. The van der Waals surface area contributed by atoms with Crippen LogP contribution in [-0.4, -0.2) is 62.8 Å². The third kappa shape index (κ3) is 5.70. The van der Waals surface area contributed by atoms with Crippen LogP contribution in [0.5, 0.6) is 0 Å². The third-order valence-electron chi connectivity index (χ3n) is 11.6. The van der Waals surface area contributed by atoms with Crippen molar-refractivity contribution < 1.29 is 9.59 Å². The molecule has 0 saturated carbocycles. The minimum Gasteiger partial charge on any atom is -0.339 e. The second-order valence-electron chi connectivity index (χ2n) is 14.5. The molecule has 1 amide bonds. The molecule has 3 saturated heterocycles. The molecular weight excluding hydrogens is 568 g/mol. The smallest absolute Gasteiger partial charge is 0.253 e. The number of rotatable bonds is 8. The Labute approximate surface area is 273 Å². The maximum atomic E-state index is 13.6. The number of benzene rings is 3. The molecule has 7 rings (SSSR count). The number of aryl methyl sites for hydroxylation is 1. The maximum Gasteiger partial charge on any atom is 0.253 e. The van der Waals surface area contributed by atoms with E-state index >= 15 is 0 Å². The van der Waals surface area contributed by atoms with Crippen molar-refractivity contribution in [2.75, 3.05) is 19.6 Å². The molecule has 0 spiro atoms. The number of aromatic nitrogens is 2. The van der Waals surface area contributed by atoms with Gasteiger partial charge in [-0.2, -0.15) is 0 Å². The van der Waals surface area contributed by atoms with E-state index in [0.717, 1.165) is 50.2 Å². The number of carbonyl (C=O) groups excluding carboxylic acids is 2. The molecule has 3 atom stereocenters. The van der Waals surface area contributed by atoms with Gasteiger partial charge in [-0.15, -0.1) is 0 Å². The zero-order valence-electron chi connectivity index (χ0n) is 27.9. The van der Waals surface area contributed by atoms with Crippen LogP contribution < -0.4 is 0 Å². The molecule has 1 aromatic heterocycles. The van der Waals surface area contributed by atoms with Gasteiger partial charge in [0.05, 0.1) is 11.0 Å². The molecule has 46 heavy (non-hydrogen) atoms. The van der Waals surface area contributed by atoms with Crippen LogP contribution in [-0.2, 0) is 5.41 Å². The van der Waals surface area contributed by atoms with Crippen LogP contribution in [0.4, 0.5) is 0 Å². The molecule has 0 radical (unpaired) electrons. The molecule has 6 heteroatoms. The van der Waals surface area contributed by atoms with Gasteiger partial charge in [0.25, 0.3) is 5.91 Å². The molecular formula is C40H48N4O2. The highest BCUT2D eigenvalue weighted by Crippen LogP contribution is 2.45. The van der Waals surface area contributed by atoms with Gasteiger partial charge in [-0.3, -0.25) is 14.5 Å². The van der Waals surface area contributed by atoms with E-state index in [2.05, 4.69) is 78.8 Å². The van der Waals surface area contributed by atoms with Crippen molar-refractivity contribution in [3.8, 4) is 0 Å². The molecule has 0 aliphatic carbocycles. The summed E-state index contributed by atoms with van der Waals surface area (Å²) in [7, 11) is 0. The van der Waals surface area contributed by atoms with Crippen LogP contribution in [0.25, 0.3) is 11.0 Å². The van der Waals surface area contributed by atoms with Gasteiger partial charge >= 0.3 is 0 Å². The number of carbonyl (C=O) groups is 2. The number of likely N-dealkylation sites (tertiary alicyclic amines) is 1.